The average molecular weight is 517 g/mol. The molecule has 8 heteroatoms. The molecule has 1 aliphatic rings. The number of fused-ring (bicyclic) bond motifs is 2. The van der Waals surface area contributed by atoms with E-state index < -0.39 is 6.04 Å². The first-order valence-corrected chi connectivity index (χ1v) is 13.2. The quantitative estimate of drug-likeness (QED) is 0.339. The van der Waals surface area contributed by atoms with Gasteiger partial charge in [0.1, 0.15) is 11.8 Å². The lowest BCUT2D eigenvalue weighted by Gasteiger charge is -2.24. The first-order valence-electron chi connectivity index (χ1n) is 13.2. The van der Waals surface area contributed by atoms with Gasteiger partial charge in [0.05, 0.1) is 12.8 Å². The van der Waals surface area contributed by atoms with Gasteiger partial charge in [-0.25, -0.2) is 0 Å². The molecule has 200 valence electrons. The zero-order valence-electron chi connectivity index (χ0n) is 21.9. The molecule has 38 heavy (non-hydrogen) atoms. The van der Waals surface area contributed by atoms with E-state index in [-0.39, 0.29) is 30.7 Å². The van der Waals surface area contributed by atoms with Crippen LogP contribution in [0.25, 0.3) is 10.8 Å². The minimum atomic E-state index is -0.742. The molecule has 0 radical (unpaired) electrons. The summed E-state index contributed by atoms with van der Waals surface area (Å²) in [5.74, 6) is 0.195. The highest BCUT2D eigenvalue weighted by Crippen LogP contribution is 2.34. The van der Waals surface area contributed by atoms with E-state index in [9.17, 15) is 14.4 Å². The van der Waals surface area contributed by atoms with E-state index in [1.54, 1.807) is 12.0 Å². The summed E-state index contributed by atoms with van der Waals surface area (Å²) in [5, 5.41) is 7.98. The van der Waals surface area contributed by atoms with Crippen molar-refractivity contribution in [3.8, 4) is 5.75 Å². The summed E-state index contributed by atoms with van der Waals surface area (Å²) >= 11 is 0. The van der Waals surface area contributed by atoms with E-state index in [0.717, 1.165) is 46.2 Å². The molecule has 0 fully saturated rings. The highest BCUT2D eigenvalue weighted by Gasteiger charge is 2.26. The first-order chi connectivity index (χ1) is 18.5. The molecule has 3 aromatic rings. The summed E-state index contributed by atoms with van der Waals surface area (Å²) in [6.07, 6.45) is 2.96. The molecule has 1 atom stereocenters. The van der Waals surface area contributed by atoms with Gasteiger partial charge >= 0.3 is 0 Å². The summed E-state index contributed by atoms with van der Waals surface area (Å²) in [6.45, 7) is 1.14. The number of benzene rings is 3. The molecule has 1 unspecified atom stereocenters. The molecule has 1 heterocycles. The van der Waals surface area contributed by atoms with Crippen LogP contribution in [0.4, 0.5) is 5.69 Å². The van der Waals surface area contributed by atoms with Crippen LogP contribution in [-0.4, -0.2) is 50.5 Å². The number of hydrogen-bond donors (Lipinski definition) is 3. The fraction of sp³-hybridized carbons (Fsp3) is 0.367. The molecule has 3 amide bonds. The molecule has 0 saturated heterocycles. The van der Waals surface area contributed by atoms with Gasteiger partial charge in [-0.1, -0.05) is 48.5 Å². The molecular weight excluding hydrogens is 480 g/mol. The molecule has 0 bridgehead atoms. The number of methoxy groups -OCH3 is 1. The predicted octanol–water partition coefficient (Wildman–Crippen LogP) is 3.10. The standard InChI is InChI=1S/C30H36N4O4/c1-38-27-11-5-10-26-24(27)9-4-12-29(36)34(26)18-15-28(35)33-25(30(37)32-17-6-16-31)20-21-13-14-22-7-2-3-8-23(22)19-21/h2-3,5,7-8,10-11,13-14,19,25H,4,6,9,12,15-18,20,31H2,1H3,(H,32,37)(H,33,35). The first kappa shape index (κ1) is 27.1. The smallest absolute Gasteiger partial charge is 0.242 e. The largest absolute Gasteiger partial charge is 0.496 e. The van der Waals surface area contributed by atoms with Crippen LogP contribution in [0.2, 0.25) is 0 Å². The van der Waals surface area contributed by atoms with Gasteiger partial charge in [-0.15, -0.1) is 0 Å². The SMILES string of the molecule is COc1cccc2c1CCCC(=O)N2CCC(=O)NC(Cc1ccc2ccccc2c1)C(=O)NCCCN. The number of nitrogens with one attached hydrogen (secondary N) is 2. The number of anilines is 1. The van der Waals surface area contributed by atoms with E-state index in [1.165, 1.54) is 0 Å². The van der Waals surface area contributed by atoms with Crippen molar-refractivity contribution < 1.29 is 19.1 Å². The zero-order valence-corrected chi connectivity index (χ0v) is 21.9. The Morgan fingerprint density at radius 2 is 1.87 bits per heavy atom. The highest BCUT2D eigenvalue weighted by molar-refractivity contribution is 5.96. The van der Waals surface area contributed by atoms with Crippen LogP contribution < -0.4 is 26.0 Å². The van der Waals surface area contributed by atoms with Gasteiger partial charge in [-0.3, -0.25) is 14.4 Å². The second-order valence-electron chi connectivity index (χ2n) is 9.55. The van der Waals surface area contributed by atoms with Gasteiger partial charge < -0.3 is 26.0 Å². The van der Waals surface area contributed by atoms with Crippen molar-refractivity contribution in [2.75, 3.05) is 31.6 Å². The molecule has 4 rings (SSSR count). The molecule has 8 nitrogen and oxygen atoms in total. The third-order valence-electron chi connectivity index (χ3n) is 6.89. The van der Waals surface area contributed by atoms with E-state index >= 15 is 0 Å². The summed E-state index contributed by atoms with van der Waals surface area (Å²) in [6, 6.07) is 19.0. The third kappa shape index (κ3) is 6.69. The molecule has 3 aromatic carbocycles. The predicted molar refractivity (Wildman–Crippen MR) is 149 cm³/mol. The highest BCUT2D eigenvalue weighted by atomic mass is 16.5. The average Bonchev–Trinajstić information content (AvgIpc) is 3.09. The number of carbonyl (C=O) groups excluding carboxylic acids is 3. The van der Waals surface area contributed by atoms with Crippen LogP contribution in [0.15, 0.2) is 60.7 Å². The maximum atomic E-state index is 13.1. The number of carbonyl (C=O) groups is 3. The lowest BCUT2D eigenvalue weighted by Crippen LogP contribution is -2.49. The number of ether oxygens (including phenoxy) is 1. The van der Waals surface area contributed by atoms with Crippen molar-refractivity contribution in [3.63, 3.8) is 0 Å². The minimum Gasteiger partial charge on any atom is -0.496 e. The second kappa shape index (κ2) is 13.1. The van der Waals surface area contributed by atoms with Crippen LogP contribution in [0.1, 0.15) is 36.8 Å². The number of hydrogen-bond acceptors (Lipinski definition) is 5. The summed E-state index contributed by atoms with van der Waals surface area (Å²) in [5.41, 5.74) is 8.29. The van der Waals surface area contributed by atoms with Crippen molar-refractivity contribution in [1.82, 2.24) is 10.6 Å². The maximum Gasteiger partial charge on any atom is 0.242 e. The van der Waals surface area contributed by atoms with Crippen LogP contribution in [0, 0.1) is 0 Å². The Morgan fingerprint density at radius 3 is 2.66 bits per heavy atom. The minimum absolute atomic E-state index is 0.0166. The summed E-state index contributed by atoms with van der Waals surface area (Å²) < 4.78 is 5.51. The van der Waals surface area contributed by atoms with E-state index in [2.05, 4.69) is 10.6 Å². The van der Waals surface area contributed by atoms with Gasteiger partial charge in [0.15, 0.2) is 0 Å². The van der Waals surface area contributed by atoms with Gasteiger partial charge in [0, 0.05) is 37.9 Å². The van der Waals surface area contributed by atoms with E-state index in [4.69, 9.17) is 10.5 Å². The lowest BCUT2D eigenvalue weighted by molar-refractivity contribution is -0.129. The monoisotopic (exact) mass is 516 g/mol. The molecular formula is C30H36N4O4. The Balaban J connectivity index is 1.46. The fourth-order valence-corrected chi connectivity index (χ4v) is 4.91. The Morgan fingerprint density at radius 1 is 1.05 bits per heavy atom. The zero-order chi connectivity index (χ0) is 26.9. The van der Waals surface area contributed by atoms with Gasteiger partial charge in [0.2, 0.25) is 17.7 Å². The molecule has 0 aliphatic carbocycles. The van der Waals surface area contributed by atoms with Crippen LogP contribution in [0.3, 0.4) is 0 Å². The molecule has 1 aliphatic heterocycles. The number of nitrogens with zero attached hydrogens (tertiary/aromatic N) is 1. The normalized spacial score (nSPS) is 13.9. The molecule has 0 saturated carbocycles. The Hall–Kier alpha value is -3.91. The second-order valence-corrected chi connectivity index (χ2v) is 9.55. The summed E-state index contributed by atoms with van der Waals surface area (Å²) in [4.78, 5) is 40.7. The third-order valence-corrected chi connectivity index (χ3v) is 6.89. The van der Waals surface area contributed by atoms with Gasteiger partial charge in [0.25, 0.3) is 0 Å². The maximum absolute atomic E-state index is 13.1. The van der Waals surface area contributed by atoms with Crippen LogP contribution >= 0.6 is 0 Å². The topological polar surface area (TPSA) is 114 Å². The number of nitrogens with two attached hydrogens (primary N) is 1. The lowest BCUT2D eigenvalue weighted by atomic mass is 10.0. The molecule has 0 aromatic heterocycles. The van der Waals surface area contributed by atoms with Crippen molar-refractivity contribution >= 4 is 34.2 Å². The molecule has 0 spiro atoms. The van der Waals surface area contributed by atoms with Crippen molar-refractivity contribution in [1.29, 1.82) is 0 Å². The Labute approximate surface area is 223 Å². The Bertz CT molecular complexity index is 1290. The number of amides is 3. The van der Waals surface area contributed by atoms with Crippen LogP contribution in [-0.2, 0) is 27.2 Å². The summed E-state index contributed by atoms with van der Waals surface area (Å²) in [7, 11) is 1.62. The number of rotatable bonds is 11. The Kier molecular flexibility index (Phi) is 9.32. The van der Waals surface area contributed by atoms with Gasteiger partial charge in [-0.2, -0.15) is 0 Å². The van der Waals surface area contributed by atoms with Crippen molar-refractivity contribution in [2.24, 2.45) is 5.73 Å². The van der Waals surface area contributed by atoms with Crippen molar-refractivity contribution in [2.45, 2.75) is 44.6 Å². The van der Waals surface area contributed by atoms with Gasteiger partial charge in [-0.05, 0) is 54.3 Å². The van der Waals surface area contributed by atoms with Crippen molar-refractivity contribution in [3.05, 3.63) is 71.8 Å². The van der Waals surface area contributed by atoms with E-state index in [1.807, 2.05) is 60.7 Å². The van der Waals surface area contributed by atoms with Crippen LogP contribution in [0.5, 0.6) is 5.75 Å². The van der Waals surface area contributed by atoms with E-state index in [0.29, 0.717) is 32.4 Å². The molecule has 4 N–H and O–H groups in total. The fourth-order valence-electron chi connectivity index (χ4n) is 4.91.